The molecule has 4 heteroatoms. The van der Waals surface area contributed by atoms with Crippen molar-refractivity contribution < 1.29 is 9.53 Å². The van der Waals surface area contributed by atoms with Gasteiger partial charge in [-0.1, -0.05) is 13.8 Å². The molecule has 1 atom stereocenters. The van der Waals surface area contributed by atoms with Crippen LogP contribution in [0.5, 0.6) is 0 Å². The predicted octanol–water partition coefficient (Wildman–Crippen LogP) is 0.856. The molecule has 0 saturated heterocycles. The molecular weight excluding hydrogens is 192 g/mol. The number of carbonyl (C=O) groups is 1. The summed E-state index contributed by atoms with van der Waals surface area (Å²) in [5.41, 5.74) is 5.56. The average Bonchev–Trinajstić information content (AvgIpc) is 2.18. The van der Waals surface area contributed by atoms with Crippen LogP contribution in [0.3, 0.4) is 0 Å². The number of nitrogens with zero attached hydrogens (tertiary/aromatic N) is 1. The van der Waals surface area contributed by atoms with Gasteiger partial charge in [-0.15, -0.1) is 0 Å². The quantitative estimate of drug-likeness (QED) is 0.611. The van der Waals surface area contributed by atoms with Crippen molar-refractivity contribution in [2.24, 2.45) is 11.7 Å². The first-order valence-electron chi connectivity index (χ1n) is 5.72. The Morgan fingerprint density at radius 2 is 2.13 bits per heavy atom. The number of ether oxygens (including phenoxy) is 1. The third-order valence-electron chi connectivity index (χ3n) is 2.17. The van der Waals surface area contributed by atoms with Gasteiger partial charge in [-0.25, -0.2) is 0 Å². The van der Waals surface area contributed by atoms with Gasteiger partial charge in [0.15, 0.2) is 0 Å². The predicted molar refractivity (Wildman–Crippen MR) is 61.6 cm³/mol. The van der Waals surface area contributed by atoms with Crippen LogP contribution in [-0.2, 0) is 9.53 Å². The zero-order valence-corrected chi connectivity index (χ0v) is 10.2. The van der Waals surface area contributed by atoms with Crippen molar-refractivity contribution in [3.63, 3.8) is 0 Å². The number of hydrogen-bond donors (Lipinski definition) is 1. The van der Waals surface area contributed by atoms with Crippen LogP contribution in [-0.4, -0.2) is 43.7 Å². The highest BCUT2D eigenvalue weighted by Gasteiger charge is 2.12. The molecule has 0 aliphatic heterocycles. The molecular formula is C11H24N2O2. The fourth-order valence-corrected chi connectivity index (χ4v) is 1.46. The molecule has 0 radical (unpaired) electrons. The maximum atomic E-state index is 11.3. The zero-order valence-electron chi connectivity index (χ0n) is 10.2. The average molecular weight is 216 g/mol. The van der Waals surface area contributed by atoms with E-state index in [0.717, 1.165) is 19.5 Å². The van der Waals surface area contributed by atoms with Crippen LogP contribution in [0.2, 0.25) is 0 Å². The first kappa shape index (κ1) is 14.4. The van der Waals surface area contributed by atoms with Crippen LogP contribution in [0.25, 0.3) is 0 Å². The number of rotatable bonds is 8. The zero-order chi connectivity index (χ0) is 11.7. The number of carbonyl (C=O) groups excluding carboxylic acids is 1. The molecule has 0 heterocycles. The van der Waals surface area contributed by atoms with E-state index in [1.165, 1.54) is 0 Å². The summed E-state index contributed by atoms with van der Waals surface area (Å²) in [6, 6.07) is 0. The van der Waals surface area contributed by atoms with Gasteiger partial charge in [0.25, 0.3) is 0 Å². The molecule has 0 saturated carbocycles. The van der Waals surface area contributed by atoms with E-state index < -0.39 is 0 Å². The van der Waals surface area contributed by atoms with Gasteiger partial charge in [-0.05, 0) is 32.4 Å². The molecule has 0 aromatic heterocycles. The Hall–Kier alpha value is -0.610. The topological polar surface area (TPSA) is 55.6 Å². The van der Waals surface area contributed by atoms with Crippen LogP contribution >= 0.6 is 0 Å². The second kappa shape index (κ2) is 8.68. The van der Waals surface area contributed by atoms with Crippen molar-refractivity contribution >= 4 is 5.97 Å². The maximum Gasteiger partial charge on any atom is 0.320 e. The van der Waals surface area contributed by atoms with Gasteiger partial charge in [0.1, 0.15) is 0 Å². The first-order chi connectivity index (χ1) is 7.13. The van der Waals surface area contributed by atoms with Crippen molar-refractivity contribution in [1.82, 2.24) is 4.90 Å². The van der Waals surface area contributed by atoms with E-state index in [4.69, 9.17) is 10.5 Å². The lowest BCUT2D eigenvalue weighted by molar-refractivity contribution is -0.144. The fraction of sp³-hybridized carbons (Fsp3) is 0.909. The Kier molecular flexibility index (Phi) is 8.33. The van der Waals surface area contributed by atoms with Crippen molar-refractivity contribution in [2.45, 2.75) is 27.2 Å². The molecule has 0 aliphatic rings. The number of nitrogens with two attached hydrogens (primary N) is 1. The lowest BCUT2D eigenvalue weighted by Gasteiger charge is -2.23. The van der Waals surface area contributed by atoms with Gasteiger partial charge < -0.3 is 10.5 Å². The molecule has 0 rings (SSSR count). The molecule has 0 spiro atoms. The summed E-state index contributed by atoms with van der Waals surface area (Å²) < 4.78 is 4.92. The van der Waals surface area contributed by atoms with Crippen molar-refractivity contribution in [2.75, 3.05) is 32.8 Å². The van der Waals surface area contributed by atoms with Gasteiger partial charge >= 0.3 is 5.97 Å². The van der Waals surface area contributed by atoms with Gasteiger partial charge in [0, 0.05) is 6.54 Å². The summed E-state index contributed by atoms with van der Waals surface area (Å²) in [4.78, 5) is 13.4. The molecule has 1 unspecified atom stereocenters. The van der Waals surface area contributed by atoms with E-state index in [1.54, 1.807) is 0 Å². The summed E-state index contributed by atoms with van der Waals surface area (Å²) in [7, 11) is 0. The lowest BCUT2D eigenvalue weighted by Crippen LogP contribution is -2.36. The van der Waals surface area contributed by atoms with Gasteiger partial charge in [-0.3, -0.25) is 9.69 Å². The van der Waals surface area contributed by atoms with E-state index in [-0.39, 0.29) is 5.97 Å². The SMILES string of the molecule is CCCN(CC(=O)OCC)CC(C)CN. The van der Waals surface area contributed by atoms with E-state index in [9.17, 15) is 4.79 Å². The highest BCUT2D eigenvalue weighted by molar-refractivity contribution is 5.71. The normalized spacial score (nSPS) is 12.9. The van der Waals surface area contributed by atoms with Crippen LogP contribution in [0, 0.1) is 5.92 Å². The standard InChI is InChI=1S/C11H24N2O2/c1-4-6-13(8-10(3)7-12)9-11(14)15-5-2/h10H,4-9,12H2,1-3H3. The van der Waals surface area contributed by atoms with Crippen LogP contribution in [0.1, 0.15) is 27.2 Å². The van der Waals surface area contributed by atoms with E-state index in [0.29, 0.717) is 25.6 Å². The Labute approximate surface area is 92.8 Å². The third kappa shape index (κ3) is 7.33. The minimum Gasteiger partial charge on any atom is -0.465 e. The van der Waals surface area contributed by atoms with E-state index in [2.05, 4.69) is 18.7 Å². The molecule has 0 aliphatic carbocycles. The third-order valence-corrected chi connectivity index (χ3v) is 2.17. The molecule has 15 heavy (non-hydrogen) atoms. The smallest absolute Gasteiger partial charge is 0.320 e. The largest absolute Gasteiger partial charge is 0.465 e. The van der Waals surface area contributed by atoms with Crippen molar-refractivity contribution in [1.29, 1.82) is 0 Å². The molecule has 0 aromatic carbocycles. The molecule has 4 nitrogen and oxygen atoms in total. The monoisotopic (exact) mass is 216 g/mol. The Balaban J connectivity index is 3.96. The fourth-order valence-electron chi connectivity index (χ4n) is 1.46. The van der Waals surface area contributed by atoms with Crippen LogP contribution < -0.4 is 5.73 Å². The summed E-state index contributed by atoms with van der Waals surface area (Å²) in [5.74, 6) is 0.279. The highest BCUT2D eigenvalue weighted by Crippen LogP contribution is 2.00. The lowest BCUT2D eigenvalue weighted by atomic mass is 10.1. The molecule has 0 amide bonds. The molecule has 2 N–H and O–H groups in total. The molecule has 0 aromatic rings. The van der Waals surface area contributed by atoms with Gasteiger partial charge in [0.05, 0.1) is 13.2 Å². The Bertz CT molecular complexity index is 174. The molecule has 90 valence electrons. The van der Waals surface area contributed by atoms with Gasteiger partial charge in [-0.2, -0.15) is 0 Å². The van der Waals surface area contributed by atoms with Crippen LogP contribution in [0.4, 0.5) is 0 Å². The Morgan fingerprint density at radius 3 is 2.60 bits per heavy atom. The number of esters is 1. The van der Waals surface area contributed by atoms with Crippen molar-refractivity contribution in [3.05, 3.63) is 0 Å². The summed E-state index contributed by atoms with van der Waals surface area (Å²) in [6.07, 6.45) is 1.04. The number of hydrogen-bond acceptors (Lipinski definition) is 4. The first-order valence-corrected chi connectivity index (χ1v) is 5.72. The second-order valence-corrected chi connectivity index (χ2v) is 3.88. The van der Waals surface area contributed by atoms with Gasteiger partial charge in [0.2, 0.25) is 0 Å². The molecule has 0 bridgehead atoms. The molecule has 0 fully saturated rings. The summed E-state index contributed by atoms with van der Waals surface area (Å²) in [6.45, 7) is 9.29. The summed E-state index contributed by atoms with van der Waals surface area (Å²) in [5, 5.41) is 0. The maximum absolute atomic E-state index is 11.3. The Morgan fingerprint density at radius 1 is 1.47 bits per heavy atom. The minimum atomic E-state index is -0.143. The highest BCUT2D eigenvalue weighted by atomic mass is 16.5. The minimum absolute atomic E-state index is 0.143. The summed E-state index contributed by atoms with van der Waals surface area (Å²) >= 11 is 0. The second-order valence-electron chi connectivity index (χ2n) is 3.88. The van der Waals surface area contributed by atoms with Crippen molar-refractivity contribution in [3.8, 4) is 0 Å². The van der Waals surface area contributed by atoms with E-state index >= 15 is 0 Å². The van der Waals surface area contributed by atoms with E-state index in [1.807, 2.05) is 6.92 Å². The van der Waals surface area contributed by atoms with Crippen LogP contribution in [0.15, 0.2) is 0 Å².